The third kappa shape index (κ3) is 6.73. The number of rotatable bonds is 10. The van der Waals surface area contributed by atoms with Crippen LogP contribution >= 0.6 is 0 Å². The van der Waals surface area contributed by atoms with Crippen molar-refractivity contribution in [1.29, 1.82) is 0 Å². The fraction of sp³-hybridized carbons (Fsp3) is 0.481. The molecule has 2 aromatic carbocycles. The number of hydrogen-bond donors (Lipinski definition) is 1. The Kier molecular flexibility index (Phi) is 8.75. The first-order chi connectivity index (χ1) is 15.9. The van der Waals surface area contributed by atoms with Crippen molar-refractivity contribution in [3.63, 3.8) is 0 Å². The molecule has 3 rings (SSSR count). The van der Waals surface area contributed by atoms with E-state index in [2.05, 4.69) is 5.32 Å². The van der Waals surface area contributed by atoms with Crippen LogP contribution in [0, 0.1) is 13.8 Å². The molecule has 33 heavy (non-hydrogen) atoms. The lowest BCUT2D eigenvalue weighted by Crippen LogP contribution is -2.52. The van der Waals surface area contributed by atoms with Crippen LogP contribution in [0.3, 0.4) is 0 Å². The van der Waals surface area contributed by atoms with Crippen LogP contribution in [-0.2, 0) is 16.1 Å². The van der Waals surface area contributed by atoms with Crippen LogP contribution < -0.4 is 14.8 Å². The normalized spacial score (nSPS) is 14.5. The molecule has 0 unspecified atom stereocenters. The highest BCUT2D eigenvalue weighted by Crippen LogP contribution is 2.21. The van der Waals surface area contributed by atoms with E-state index in [1.165, 1.54) is 5.56 Å². The van der Waals surface area contributed by atoms with E-state index in [0.29, 0.717) is 18.7 Å². The molecule has 2 amide bonds. The second-order valence-electron chi connectivity index (χ2n) is 8.82. The van der Waals surface area contributed by atoms with Crippen molar-refractivity contribution < 1.29 is 19.1 Å². The summed E-state index contributed by atoms with van der Waals surface area (Å²) in [5, 5.41) is 3.16. The zero-order valence-corrected chi connectivity index (χ0v) is 20.2. The lowest BCUT2D eigenvalue weighted by molar-refractivity contribution is -0.143. The highest BCUT2D eigenvalue weighted by Gasteiger charge is 2.31. The summed E-state index contributed by atoms with van der Waals surface area (Å²) in [6.07, 6.45) is 4.80. The second kappa shape index (κ2) is 11.7. The van der Waals surface area contributed by atoms with E-state index in [1.54, 1.807) is 12.0 Å². The molecule has 1 aliphatic rings. The van der Waals surface area contributed by atoms with Crippen LogP contribution in [0.15, 0.2) is 42.5 Å². The van der Waals surface area contributed by atoms with Gasteiger partial charge in [-0.15, -0.1) is 0 Å². The summed E-state index contributed by atoms with van der Waals surface area (Å²) in [6, 6.07) is 13.0. The molecule has 0 radical (unpaired) electrons. The summed E-state index contributed by atoms with van der Waals surface area (Å²) >= 11 is 0. The first kappa shape index (κ1) is 24.6. The van der Waals surface area contributed by atoms with Gasteiger partial charge in [-0.1, -0.05) is 38.0 Å². The molecule has 0 aliphatic heterocycles. The molecule has 0 saturated heterocycles. The van der Waals surface area contributed by atoms with Gasteiger partial charge in [-0.3, -0.25) is 9.59 Å². The van der Waals surface area contributed by atoms with Gasteiger partial charge in [-0.25, -0.2) is 0 Å². The standard InChI is InChI=1S/C27H36N2O4/c1-5-25(27(31)28-22-10-6-7-11-22)29(17-21-9-8-12-23(16-21)32-4)26(30)18-33-24-14-13-19(2)20(3)15-24/h8-9,12-16,22,25H,5-7,10-11,17-18H2,1-4H3,(H,28,31)/t25-/m1/s1. The van der Waals surface area contributed by atoms with E-state index in [1.807, 2.05) is 63.2 Å². The minimum absolute atomic E-state index is 0.0909. The van der Waals surface area contributed by atoms with Gasteiger partial charge in [0.15, 0.2) is 6.61 Å². The molecule has 0 spiro atoms. The lowest BCUT2D eigenvalue weighted by atomic mass is 10.1. The Morgan fingerprint density at radius 2 is 1.82 bits per heavy atom. The minimum Gasteiger partial charge on any atom is -0.497 e. The van der Waals surface area contributed by atoms with Crippen LogP contribution in [0.25, 0.3) is 0 Å². The molecule has 0 bridgehead atoms. The minimum atomic E-state index is -0.562. The van der Waals surface area contributed by atoms with Crippen LogP contribution in [0.5, 0.6) is 11.5 Å². The van der Waals surface area contributed by atoms with Gasteiger partial charge in [0.1, 0.15) is 17.5 Å². The average molecular weight is 453 g/mol. The summed E-state index contributed by atoms with van der Waals surface area (Å²) < 4.78 is 11.2. The van der Waals surface area contributed by atoms with Gasteiger partial charge in [-0.05, 0) is 74.1 Å². The number of aryl methyl sites for hydroxylation is 2. The molecule has 1 N–H and O–H groups in total. The SMILES string of the molecule is CC[C@H](C(=O)NC1CCCC1)N(Cc1cccc(OC)c1)C(=O)COc1ccc(C)c(C)c1. The molecular formula is C27H36N2O4. The number of carbonyl (C=O) groups is 2. The smallest absolute Gasteiger partial charge is 0.261 e. The Morgan fingerprint density at radius 1 is 1.06 bits per heavy atom. The zero-order valence-electron chi connectivity index (χ0n) is 20.2. The second-order valence-corrected chi connectivity index (χ2v) is 8.82. The summed E-state index contributed by atoms with van der Waals surface area (Å²) in [4.78, 5) is 28.2. The maximum atomic E-state index is 13.4. The number of ether oxygens (including phenoxy) is 2. The van der Waals surface area contributed by atoms with Gasteiger partial charge in [0.05, 0.1) is 7.11 Å². The summed E-state index contributed by atoms with van der Waals surface area (Å²) in [5.41, 5.74) is 3.18. The van der Waals surface area contributed by atoms with Crippen molar-refractivity contribution in [2.45, 2.75) is 71.5 Å². The third-order valence-corrected chi connectivity index (χ3v) is 6.42. The molecule has 2 aromatic rings. The van der Waals surface area contributed by atoms with E-state index in [-0.39, 0.29) is 24.5 Å². The maximum Gasteiger partial charge on any atom is 0.261 e. The molecule has 1 atom stereocenters. The summed E-state index contributed by atoms with van der Waals surface area (Å²) in [6.45, 7) is 6.17. The Bertz CT molecular complexity index is 953. The first-order valence-corrected chi connectivity index (χ1v) is 11.8. The van der Waals surface area contributed by atoms with Crippen LogP contribution in [-0.4, -0.2) is 42.5 Å². The predicted molar refractivity (Wildman–Crippen MR) is 129 cm³/mol. The fourth-order valence-corrected chi connectivity index (χ4v) is 4.29. The van der Waals surface area contributed by atoms with Crippen molar-refractivity contribution in [1.82, 2.24) is 10.2 Å². The quantitative estimate of drug-likeness (QED) is 0.574. The number of carbonyl (C=O) groups excluding carboxylic acids is 2. The van der Waals surface area contributed by atoms with Gasteiger partial charge in [-0.2, -0.15) is 0 Å². The molecule has 178 valence electrons. The van der Waals surface area contributed by atoms with Crippen LogP contribution in [0.4, 0.5) is 0 Å². The first-order valence-electron chi connectivity index (χ1n) is 11.8. The number of nitrogens with zero attached hydrogens (tertiary/aromatic N) is 1. The molecule has 6 nitrogen and oxygen atoms in total. The predicted octanol–water partition coefficient (Wildman–Crippen LogP) is 4.56. The zero-order chi connectivity index (χ0) is 23.8. The monoisotopic (exact) mass is 452 g/mol. The number of methoxy groups -OCH3 is 1. The molecule has 1 fully saturated rings. The van der Waals surface area contributed by atoms with Crippen LogP contribution in [0.1, 0.15) is 55.7 Å². The van der Waals surface area contributed by atoms with E-state index in [0.717, 1.165) is 42.6 Å². The van der Waals surface area contributed by atoms with Gasteiger partial charge >= 0.3 is 0 Å². The molecule has 1 aliphatic carbocycles. The third-order valence-electron chi connectivity index (χ3n) is 6.42. The van der Waals surface area contributed by atoms with Crippen molar-refractivity contribution >= 4 is 11.8 Å². The van der Waals surface area contributed by atoms with Gasteiger partial charge in [0.25, 0.3) is 5.91 Å². The Morgan fingerprint density at radius 3 is 2.48 bits per heavy atom. The van der Waals surface area contributed by atoms with E-state index in [4.69, 9.17) is 9.47 Å². The lowest BCUT2D eigenvalue weighted by Gasteiger charge is -2.31. The molecule has 0 aromatic heterocycles. The average Bonchev–Trinajstić information content (AvgIpc) is 3.32. The summed E-state index contributed by atoms with van der Waals surface area (Å²) in [7, 11) is 1.61. The van der Waals surface area contributed by atoms with Crippen LogP contribution in [0.2, 0.25) is 0 Å². The highest BCUT2D eigenvalue weighted by molar-refractivity contribution is 5.88. The number of nitrogens with one attached hydrogen (secondary N) is 1. The van der Waals surface area contributed by atoms with Crippen molar-refractivity contribution in [2.24, 2.45) is 0 Å². The Hall–Kier alpha value is -3.02. The van der Waals surface area contributed by atoms with Gasteiger partial charge < -0.3 is 19.7 Å². The Balaban J connectivity index is 1.78. The topological polar surface area (TPSA) is 67.9 Å². The maximum absolute atomic E-state index is 13.4. The van der Waals surface area contributed by atoms with E-state index >= 15 is 0 Å². The number of benzene rings is 2. The molecule has 6 heteroatoms. The molecule has 0 heterocycles. The number of amides is 2. The fourth-order valence-electron chi connectivity index (χ4n) is 4.29. The van der Waals surface area contributed by atoms with Gasteiger partial charge in [0, 0.05) is 12.6 Å². The van der Waals surface area contributed by atoms with Crippen molar-refractivity contribution in [3.05, 3.63) is 59.2 Å². The molecular weight excluding hydrogens is 416 g/mol. The van der Waals surface area contributed by atoms with Crippen molar-refractivity contribution in [3.8, 4) is 11.5 Å². The highest BCUT2D eigenvalue weighted by atomic mass is 16.5. The Labute approximate surface area is 197 Å². The van der Waals surface area contributed by atoms with E-state index < -0.39 is 6.04 Å². The van der Waals surface area contributed by atoms with Gasteiger partial charge in [0.2, 0.25) is 5.91 Å². The van der Waals surface area contributed by atoms with E-state index in [9.17, 15) is 9.59 Å². The number of hydrogen-bond acceptors (Lipinski definition) is 4. The van der Waals surface area contributed by atoms with Crippen molar-refractivity contribution in [2.75, 3.05) is 13.7 Å². The molecule has 1 saturated carbocycles. The largest absolute Gasteiger partial charge is 0.497 e. The summed E-state index contributed by atoms with van der Waals surface area (Å²) in [5.74, 6) is 1.06.